The average Bonchev–Trinajstić information content (AvgIpc) is 2.91. The van der Waals surface area contributed by atoms with E-state index in [9.17, 15) is 13.2 Å². The molecule has 23 heavy (non-hydrogen) atoms. The van der Waals surface area contributed by atoms with Crippen LogP contribution in [0.4, 0.5) is 0 Å². The lowest BCUT2D eigenvalue weighted by Crippen LogP contribution is -2.25. The molecule has 1 heterocycles. The summed E-state index contributed by atoms with van der Waals surface area (Å²) in [6, 6.07) is 5.92. The monoisotopic (exact) mass is 392 g/mol. The zero-order chi connectivity index (χ0) is 16.9. The Kier molecular flexibility index (Phi) is 6.42. The van der Waals surface area contributed by atoms with E-state index in [1.165, 1.54) is 47.4 Å². The second-order valence-electron chi connectivity index (χ2n) is 4.38. The minimum atomic E-state index is -3.56. The van der Waals surface area contributed by atoms with Gasteiger partial charge in [-0.3, -0.25) is 4.79 Å². The van der Waals surface area contributed by atoms with Gasteiger partial charge in [0.2, 0.25) is 10.0 Å². The first kappa shape index (κ1) is 18.2. The lowest BCUT2D eigenvalue weighted by atomic mass is 10.3. The number of thioether (sulfide) groups is 1. The molecule has 10 heteroatoms. The Bertz CT molecular complexity index is 775. The molecular formula is C13H13ClN2O4S3. The molecule has 0 unspecified atom stereocenters. The van der Waals surface area contributed by atoms with Crippen molar-refractivity contribution in [1.82, 2.24) is 9.71 Å². The largest absolute Gasteiger partial charge is 0.481 e. The third kappa shape index (κ3) is 5.78. The SMILES string of the molecule is O=C(O)Cc1csc(SCCNS(=O)(=O)c2ccc(Cl)cc2)n1. The first-order valence-electron chi connectivity index (χ1n) is 6.41. The number of benzene rings is 1. The molecule has 2 N–H and O–H groups in total. The van der Waals surface area contributed by atoms with Gasteiger partial charge in [-0.05, 0) is 24.3 Å². The number of sulfonamides is 1. The molecule has 2 aromatic rings. The highest BCUT2D eigenvalue weighted by atomic mass is 35.5. The second-order valence-corrected chi connectivity index (χ2v) is 8.78. The maximum Gasteiger partial charge on any atom is 0.309 e. The number of carboxylic acid groups (broad SMARTS) is 1. The molecule has 1 aromatic heterocycles. The van der Waals surface area contributed by atoms with Gasteiger partial charge in [-0.2, -0.15) is 0 Å². The van der Waals surface area contributed by atoms with E-state index in [4.69, 9.17) is 16.7 Å². The predicted molar refractivity (Wildman–Crippen MR) is 90.8 cm³/mol. The molecule has 0 saturated carbocycles. The van der Waals surface area contributed by atoms with E-state index in [1.54, 1.807) is 5.38 Å². The number of thiazole rings is 1. The number of carbonyl (C=O) groups is 1. The number of aromatic nitrogens is 1. The zero-order valence-electron chi connectivity index (χ0n) is 11.7. The van der Waals surface area contributed by atoms with Crippen LogP contribution >= 0.6 is 34.7 Å². The Morgan fingerprint density at radius 1 is 1.35 bits per heavy atom. The van der Waals surface area contributed by atoms with Crippen molar-refractivity contribution in [2.75, 3.05) is 12.3 Å². The minimum absolute atomic E-state index is 0.111. The van der Waals surface area contributed by atoms with Crippen molar-refractivity contribution in [3.63, 3.8) is 0 Å². The average molecular weight is 393 g/mol. The van der Waals surface area contributed by atoms with Gasteiger partial charge in [0.1, 0.15) is 4.34 Å². The van der Waals surface area contributed by atoms with Gasteiger partial charge >= 0.3 is 5.97 Å². The van der Waals surface area contributed by atoms with Gasteiger partial charge in [-0.15, -0.1) is 11.3 Å². The molecule has 0 aliphatic rings. The molecule has 0 fully saturated rings. The summed E-state index contributed by atoms with van der Waals surface area (Å²) in [6.07, 6.45) is -0.111. The van der Waals surface area contributed by atoms with Gasteiger partial charge in [-0.1, -0.05) is 23.4 Å². The van der Waals surface area contributed by atoms with Crippen molar-refractivity contribution in [2.45, 2.75) is 15.7 Å². The van der Waals surface area contributed by atoms with Crippen molar-refractivity contribution in [3.8, 4) is 0 Å². The van der Waals surface area contributed by atoms with Crippen molar-refractivity contribution < 1.29 is 18.3 Å². The molecular weight excluding hydrogens is 380 g/mol. The van der Waals surface area contributed by atoms with Gasteiger partial charge in [-0.25, -0.2) is 18.1 Å². The van der Waals surface area contributed by atoms with Crippen LogP contribution < -0.4 is 4.72 Å². The molecule has 2 rings (SSSR count). The predicted octanol–water partition coefficient (Wildman–Crippen LogP) is 2.49. The van der Waals surface area contributed by atoms with Crippen LogP contribution in [0.1, 0.15) is 5.69 Å². The van der Waals surface area contributed by atoms with Crippen LogP contribution in [0.15, 0.2) is 38.9 Å². The Hall–Kier alpha value is -1.13. The normalized spacial score (nSPS) is 11.5. The van der Waals surface area contributed by atoms with Crippen LogP contribution in [0, 0.1) is 0 Å². The summed E-state index contributed by atoms with van der Waals surface area (Å²) in [4.78, 5) is 14.9. The smallest absolute Gasteiger partial charge is 0.309 e. The van der Waals surface area contributed by atoms with Crippen LogP contribution in [-0.4, -0.2) is 36.8 Å². The van der Waals surface area contributed by atoms with E-state index in [1.807, 2.05) is 0 Å². The fourth-order valence-corrected chi connectivity index (χ4v) is 4.66. The first-order valence-corrected chi connectivity index (χ1v) is 10.1. The van der Waals surface area contributed by atoms with Gasteiger partial charge in [0.05, 0.1) is 17.0 Å². The zero-order valence-corrected chi connectivity index (χ0v) is 14.9. The summed E-state index contributed by atoms with van der Waals surface area (Å²) in [6.45, 7) is 0.240. The molecule has 0 aliphatic carbocycles. The standard InChI is InChI=1S/C13H13ClN2O4S3/c14-9-1-3-11(4-2-9)23(19,20)15-5-6-21-13-16-10(8-22-13)7-12(17)18/h1-4,8,15H,5-7H2,(H,17,18). The Morgan fingerprint density at radius 3 is 2.70 bits per heavy atom. The number of nitrogens with one attached hydrogen (secondary N) is 1. The Morgan fingerprint density at radius 2 is 2.04 bits per heavy atom. The lowest BCUT2D eigenvalue weighted by molar-refractivity contribution is -0.136. The molecule has 124 valence electrons. The first-order chi connectivity index (χ1) is 10.9. The van der Waals surface area contributed by atoms with Crippen molar-refractivity contribution in [2.24, 2.45) is 0 Å². The summed E-state index contributed by atoms with van der Waals surface area (Å²) in [7, 11) is -3.56. The molecule has 0 amide bonds. The molecule has 0 atom stereocenters. The summed E-state index contributed by atoms with van der Waals surface area (Å²) >= 11 is 8.45. The van der Waals surface area contributed by atoms with E-state index in [-0.39, 0.29) is 17.9 Å². The van der Waals surface area contributed by atoms with Gasteiger partial charge in [0.25, 0.3) is 0 Å². The number of halogens is 1. The fraction of sp³-hybridized carbons (Fsp3) is 0.231. The molecule has 0 spiro atoms. The minimum Gasteiger partial charge on any atom is -0.481 e. The van der Waals surface area contributed by atoms with Gasteiger partial charge in [0, 0.05) is 22.7 Å². The van der Waals surface area contributed by atoms with Gasteiger partial charge < -0.3 is 5.11 Å². The third-order valence-corrected chi connectivity index (χ3v) is 6.41. The number of hydrogen-bond donors (Lipinski definition) is 2. The molecule has 1 aromatic carbocycles. The number of hydrogen-bond acceptors (Lipinski definition) is 6. The molecule has 0 radical (unpaired) electrons. The van der Waals surface area contributed by atoms with Crippen molar-refractivity contribution >= 4 is 50.7 Å². The lowest BCUT2D eigenvalue weighted by Gasteiger charge is -2.06. The highest BCUT2D eigenvalue weighted by Crippen LogP contribution is 2.22. The number of carboxylic acids is 1. The molecule has 0 saturated heterocycles. The van der Waals surface area contributed by atoms with Crippen LogP contribution in [0.25, 0.3) is 0 Å². The van der Waals surface area contributed by atoms with Crippen molar-refractivity contribution in [1.29, 1.82) is 0 Å². The van der Waals surface area contributed by atoms with E-state index < -0.39 is 16.0 Å². The summed E-state index contributed by atoms with van der Waals surface area (Å²) < 4.78 is 27.3. The molecule has 0 aliphatic heterocycles. The Balaban J connectivity index is 1.81. The number of rotatable bonds is 8. The molecule has 0 bridgehead atoms. The van der Waals surface area contributed by atoms with E-state index in [0.717, 1.165) is 0 Å². The Labute approximate surface area is 147 Å². The van der Waals surface area contributed by atoms with E-state index in [0.29, 0.717) is 20.8 Å². The maximum absolute atomic E-state index is 12.0. The highest BCUT2D eigenvalue weighted by Gasteiger charge is 2.13. The topological polar surface area (TPSA) is 96.4 Å². The van der Waals surface area contributed by atoms with Crippen LogP contribution in [0.2, 0.25) is 5.02 Å². The quantitative estimate of drug-likeness (QED) is 0.529. The maximum atomic E-state index is 12.0. The second kappa shape index (κ2) is 8.11. The van der Waals surface area contributed by atoms with Crippen LogP contribution in [-0.2, 0) is 21.2 Å². The van der Waals surface area contributed by atoms with Crippen molar-refractivity contribution in [3.05, 3.63) is 40.4 Å². The van der Waals surface area contributed by atoms with Crippen LogP contribution in [0.5, 0.6) is 0 Å². The number of aliphatic carboxylic acids is 1. The highest BCUT2D eigenvalue weighted by molar-refractivity contribution is 8.01. The van der Waals surface area contributed by atoms with E-state index >= 15 is 0 Å². The summed E-state index contributed by atoms with van der Waals surface area (Å²) in [5, 5.41) is 10.8. The van der Waals surface area contributed by atoms with Crippen LogP contribution in [0.3, 0.4) is 0 Å². The molecule has 6 nitrogen and oxygen atoms in total. The third-order valence-electron chi connectivity index (χ3n) is 2.61. The van der Waals surface area contributed by atoms with E-state index in [2.05, 4.69) is 9.71 Å². The summed E-state index contributed by atoms with van der Waals surface area (Å²) in [5.41, 5.74) is 0.506. The van der Waals surface area contributed by atoms with Gasteiger partial charge in [0.15, 0.2) is 0 Å². The fourth-order valence-electron chi connectivity index (χ4n) is 1.60. The summed E-state index contributed by atoms with van der Waals surface area (Å²) in [5.74, 6) is -0.435. The number of nitrogens with zero attached hydrogens (tertiary/aromatic N) is 1.